The van der Waals surface area contributed by atoms with Gasteiger partial charge in [0.25, 0.3) is 0 Å². The molecule has 2 heterocycles. The van der Waals surface area contributed by atoms with Gasteiger partial charge < -0.3 is 9.67 Å². The summed E-state index contributed by atoms with van der Waals surface area (Å²) < 4.78 is 27.6. The second-order valence-corrected chi connectivity index (χ2v) is 7.67. The second-order valence-electron chi connectivity index (χ2n) is 5.73. The molecule has 1 saturated heterocycles. The quantitative estimate of drug-likeness (QED) is 0.903. The van der Waals surface area contributed by atoms with Crippen molar-refractivity contribution in [2.24, 2.45) is 12.5 Å². The van der Waals surface area contributed by atoms with Gasteiger partial charge in [0.1, 0.15) is 10.6 Å². The van der Waals surface area contributed by atoms with Crippen molar-refractivity contribution < 1.29 is 18.3 Å². The average molecular weight is 286 g/mol. The molecule has 0 unspecified atom stereocenters. The smallest absolute Gasteiger partial charge is 0.352 e. The summed E-state index contributed by atoms with van der Waals surface area (Å²) in [5, 5.41) is 8.96. The van der Waals surface area contributed by atoms with Crippen molar-refractivity contribution in [1.82, 2.24) is 8.87 Å². The zero-order chi connectivity index (χ0) is 14.4. The van der Waals surface area contributed by atoms with Crippen molar-refractivity contribution in [2.45, 2.75) is 25.2 Å². The Labute approximate surface area is 112 Å². The van der Waals surface area contributed by atoms with Gasteiger partial charge in [0.2, 0.25) is 10.0 Å². The SMILES string of the molecule is Cn1cc(S(=O)(=O)N2CCC(C)(C)C2)cc1C(=O)O. The molecule has 6 nitrogen and oxygen atoms in total. The van der Waals surface area contributed by atoms with Crippen molar-refractivity contribution >= 4 is 16.0 Å². The van der Waals surface area contributed by atoms with Crippen LogP contribution < -0.4 is 0 Å². The molecule has 106 valence electrons. The molecular formula is C12H18N2O4S. The van der Waals surface area contributed by atoms with E-state index in [1.54, 1.807) is 0 Å². The monoisotopic (exact) mass is 286 g/mol. The molecule has 0 radical (unpaired) electrons. The summed E-state index contributed by atoms with van der Waals surface area (Å²) in [6.45, 7) is 4.99. The van der Waals surface area contributed by atoms with E-state index in [9.17, 15) is 13.2 Å². The first kappa shape index (κ1) is 14.1. The number of carboxylic acids is 1. The molecule has 1 aliphatic rings. The number of sulfonamides is 1. The molecule has 1 aromatic rings. The van der Waals surface area contributed by atoms with Crippen molar-refractivity contribution in [3.05, 3.63) is 18.0 Å². The van der Waals surface area contributed by atoms with Gasteiger partial charge in [0.05, 0.1) is 0 Å². The lowest BCUT2D eigenvalue weighted by molar-refractivity contribution is 0.0686. The van der Waals surface area contributed by atoms with E-state index in [0.717, 1.165) is 6.42 Å². The molecule has 1 aliphatic heterocycles. The maximum Gasteiger partial charge on any atom is 0.352 e. The Morgan fingerprint density at radius 2 is 2.05 bits per heavy atom. The summed E-state index contributed by atoms with van der Waals surface area (Å²) in [6.07, 6.45) is 2.16. The zero-order valence-electron chi connectivity index (χ0n) is 11.3. The normalized spacial score (nSPS) is 19.7. The van der Waals surface area contributed by atoms with E-state index >= 15 is 0 Å². The van der Waals surface area contributed by atoms with Gasteiger partial charge in [0, 0.05) is 26.3 Å². The summed E-state index contributed by atoms with van der Waals surface area (Å²) in [6, 6.07) is 1.21. The summed E-state index contributed by atoms with van der Waals surface area (Å²) in [4.78, 5) is 11.0. The Bertz CT molecular complexity index is 616. The summed E-state index contributed by atoms with van der Waals surface area (Å²) >= 11 is 0. The number of rotatable bonds is 3. The zero-order valence-corrected chi connectivity index (χ0v) is 12.1. The van der Waals surface area contributed by atoms with Crippen LogP contribution in [-0.4, -0.2) is 41.5 Å². The molecule has 1 aromatic heterocycles. The van der Waals surface area contributed by atoms with Crippen LogP contribution in [0, 0.1) is 5.41 Å². The van der Waals surface area contributed by atoms with Gasteiger partial charge in [-0.1, -0.05) is 13.8 Å². The minimum absolute atomic E-state index is 0.0303. The number of aryl methyl sites for hydroxylation is 1. The van der Waals surface area contributed by atoms with Gasteiger partial charge in [0.15, 0.2) is 0 Å². The van der Waals surface area contributed by atoms with Gasteiger partial charge in [-0.3, -0.25) is 0 Å². The van der Waals surface area contributed by atoms with E-state index in [1.807, 2.05) is 13.8 Å². The van der Waals surface area contributed by atoms with Crippen LogP contribution in [0.5, 0.6) is 0 Å². The van der Waals surface area contributed by atoms with Crippen molar-refractivity contribution in [1.29, 1.82) is 0 Å². The van der Waals surface area contributed by atoms with Crippen LogP contribution in [0.25, 0.3) is 0 Å². The van der Waals surface area contributed by atoms with Gasteiger partial charge in [-0.15, -0.1) is 0 Å². The van der Waals surface area contributed by atoms with Crippen LogP contribution in [0.1, 0.15) is 30.8 Å². The number of carbonyl (C=O) groups is 1. The van der Waals surface area contributed by atoms with Crippen LogP contribution in [0.2, 0.25) is 0 Å². The number of nitrogens with zero attached hydrogens (tertiary/aromatic N) is 2. The van der Waals surface area contributed by atoms with Crippen LogP contribution >= 0.6 is 0 Å². The Morgan fingerprint density at radius 1 is 1.42 bits per heavy atom. The van der Waals surface area contributed by atoms with Gasteiger partial charge in [-0.2, -0.15) is 4.31 Å². The maximum atomic E-state index is 12.4. The molecule has 19 heavy (non-hydrogen) atoms. The number of hydrogen-bond acceptors (Lipinski definition) is 3. The molecule has 0 bridgehead atoms. The van der Waals surface area contributed by atoms with Crippen molar-refractivity contribution in [3.63, 3.8) is 0 Å². The van der Waals surface area contributed by atoms with Gasteiger partial charge >= 0.3 is 5.97 Å². The molecule has 1 N–H and O–H groups in total. The third-order valence-corrected chi connectivity index (χ3v) is 5.29. The number of carboxylic acid groups (broad SMARTS) is 1. The van der Waals surface area contributed by atoms with Crippen LogP contribution in [0.4, 0.5) is 0 Å². The first-order valence-corrected chi connectivity index (χ1v) is 7.47. The molecule has 7 heteroatoms. The molecule has 0 aliphatic carbocycles. The minimum atomic E-state index is -3.60. The summed E-state index contributed by atoms with van der Waals surface area (Å²) in [7, 11) is -2.07. The van der Waals surface area contributed by atoms with Gasteiger partial charge in [-0.25, -0.2) is 13.2 Å². The predicted octanol–water partition coefficient (Wildman–Crippen LogP) is 1.14. The second kappa shape index (κ2) is 4.35. The standard InChI is InChI=1S/C12H18N2O4S/c1-12(2)4-5-14(8-12)19(17,18)9-6-10(11(15)16)13(3)7-9/h6-7H,4-5,8H2,1-3H3,(H,15,16). The Morgan fingerprint density at radius 3 is 2.47 bits per heavy atom. The minimum Gasteiger partial charge on any atom is -0.477 e. The molecule has 0 amide bonds. The van der Waals surface area contributed by atoms with Crippen LogP contribution in [0.15, 0.2) is 17.2 Å². The highest BCUT2D eigenvalue weighted by molar-refractivity contribution is 7.89. The third kappa shape index (κ3) is 2.52. The lowest BCUT2D eigenvalue weighted by Crippen LogP contribution is -2.30. The lowest BCUT2D eigenvalue weighted by Gasteiger charge is -2.19. The first-order valence-electron chi connectivity index (χ1n) is 6.03. The van der Waals surface area contributed by atoms with E-state index in [2.05, 4.69) is 0 Å². The maximum absolute atomic E-state index is 12.4. The fraction of sp³-hybridized carbons (Fsp3) is 0.583. The average Bonchev–Trinajstić information content (AvgIpc) is 2.82. The first-order chi connectivity index (χ1) is 8.63. The van der Waals surface area contributed by atoms with E-state index < -0.39 is 16.0 Å². The summed E-state index contributed by atoms with van der Waals surface area (Å²) in [5.74, 6) is -1.13. The topological polar surface area (TPSA) is 79.6 Å². The fourth-order valence-corrected chi connectivity index (χ4v) is 4.01. The van der Waals surface area contributed by atoms with Crippen LogP contribution in [0.3, 0.4) is 0 Å². The highest BCUT2D eigenvalue weighted by Crippen LogP contribution is 2.33. The molecule has 0 atom stereocenters. The molecule has 2 rings (SSSR count). The largest absolute Gasteiger partial charge is 0.477 e. The predicted molar refractivity (Wildman–Crippen MR) is 69.5 cm³/mol. The van der Waals surface area contributed by atoms with E-state index in [-0.39, 0.29) is 16.0 Å². The molecular weight excluding hydrogens is 268 g/mol. The van der Waals surface area contributed by atoms with Crippen molar-refractivity contribution in [2.75, 3.05) is 13.1 Å². The molecule has 1 fully saturated rings. The summed E-state index contributed by atoms with van der Waals surface area (Å²) in [5.41, 5.74) is -0.0608. The number of aromatic carboxylic acids is 1. The Hall–Kier alpha value is -1.34. The fourth-order valence-electron chi connectivity index (χ4n) is 2.31. The molecule has 0 spiro atoms. The molecule has 0 saturated carbocycles. The Kier molecular flexibility index (Phi) is 3.22. The van der Waals surface area contributed by atoms with E-state index in [4.69, 9.17) is 5.11 Å². The highest BCUT2D eigenvalue weighted by Gasteiger charge is 2.37. The van der Waals surface area contributed by atoms with Crippen molar-refractivity contribution in [3.8, 4) is 0 Å². The third-order valence-electron chi connectivity index (χ3n) is 3.48. The molecule has 0 aromatic carbocycles. The van der Waals surface area contributed by atoms with Gasteiger partial charge in [-0.05, 0) is 17.9 Å². The number of hydrogen-bond donors (Lipinski definition) is 1. The highest BCUT2D eigenvalue weighted by atomic mass is 32.2. The number of aromatic nitrogens is 1. The van der Waals surface area contributed by atoms with E-state index in [0.29, 0.717) is 13.1 Å². The lowest BCUT2D eigenvalue weighted by atomic mass is 9.93. The van der Waals surface area contributed by atoms with Crippen LogP contribution in [-0.2, 0) is 17.1 Å². The van der Waals surface area contributed by atoms with E-state index in [1.165, 1.54) is 28.2 Å². The Balaban J connectivity index is 2.36.